The lowest BCUT2D eigenvalue weighted by atomic mass is 10.00. The molecule has 0 aromatic rings. The topological polar surface area (TPSA) is 186 Å². The van der Waals surface area contributed by atoms with Gasteiger partial charge in [0.2, 0.25) is 0 Å². The Labute approximate surface area is 370 Å². The SMILES string of the molecule is CCCCCCCCCCC/C=C/C/C=C/CCCC(=O)O[C@H](COC(=O)CCCCCCCCCCCCCCCCCC)CO[C@H]1O[C@H](CS(=O)(=O)O)[C@@H](O)C(O)C1O. The highest BCUT2D eigenvalue weighted by atomic mass is 32.2. The molecule has 1 heterocycles. The van der Waals surface area contributed by atoms with Gasteiger partial charge < -0.3 is 34.3 Å². The number of allylic oxidation sites excluding steroid dienone is 4. The first kappa shape index (κ1) is 57.1. The zero-order chi connectivity index (χ0) is 44.8. The number of esters is 2. The number of carbonyl (C=O) groups excluding carboxylic acids is 2. The third kappa shape index (κ3) is 33.3. The van der Waals surface area contributed by atoms with Crippen molar-refractivity contribution < 1.29 is 56.8 Å². The molecular formula is C48H88O12S. The van der Waals surface area contributed by atoms with Gasteiger partial charge in [-0.3, -0.25) is 14.1 Å². The van der Waals surface area contributed by atoms with Crippen LogP contribution in [0.5, 0.6) is 0 Å². The molecule has 61 heavy (non-hydrogen) atoms. The van der Waals surface area contributed by atoms with E-state index < -0.39 is 71.2 Å². The van der Waals surface area contributed by atoms with Gasteiger partial charge in [0.15, 0.2) is 12.4 Å². The molecular weight excluding hydrogens is 801 g/mol. The molecule has 1 aliphatic rings. The lowest BCUT2D eigenvalue weighted by Gasteiger charge is -2.40. The van der Waals surface area contributed by atoms with Crippen LogP contribution in [-0.4, -0.2) is 96.0 Å². The number of aliphatic hydroxyl groups is 3. The number of rotatable bonds is 41. The number of aliphatic hydroxyl groups excluding tert-OH is 3. The van der Waals surface area contributed by atoms with E-state index in [4.69, 9.17) is 18.9 Å². The van der Waals surface area contributed by atoms with E-state index in [-0.39, 0.29) is 19.4 Å². The Balaban J connectivity index is 2.43. The zero-order valence-corrected chi connectivity index (χ0v) is 39.1. The second-order valence-corrected chi connectivity index (χ2v) is 18.6. The Bertz CT molecular complexity index is 1220. The highest BCUT2D eigenvalue weighted by Gasteiger charge is 2.46. The van der Waals surface area contributed by atoms with Crippen LogP contribution in [0.25, 0.3) is 0 Å². The van der Waals surface area contributed by atoms with Crippen LogP contribution in [0, 0.1) is 0 Å². The van der Waals surface area contributed by atoms with Crippen molar-refractivity contribution in [3.05, 3.63) is 24.3 Å². The molecule has 358 valence electrons. The van der Waals surface area contributed by atoms with E-state index in [1.54, 1.807) is 0 Å². The van der Waals surface area contributed by atoms with Crippen molar-refractivity contribution in [2.75, 3.05) is 19.0 Å². The molecule has 0 amide bonds. The predicted octanol–water partition coefficient (Wildman–Crippen LogP) is 10.4. The van der Waals surface area contributed by atoms with Crippen LogP contribution in [0.2, 0.25) is 0 Å². The van der Waals surface area contributed by atoms with Gasteiger partial charge in [0.1, 0.15) is 36.8 Å². The van der Waals surface area contributed by atoms with Gasteiger partial charge >= 0.3 is 11.9 Å². The molecule has 0 aromatic carbocycles. The second-order valence-electron chi connectivity index (χ2n) is 17.1. The fraction of sp³-hybridized carbons (Fsp3) is 0.875. The molecule has 2 unspecified atom stereocenters. The van der Waals surface area contributed by atoms with Crippen molar-refractivity contribution in [3.63, 3.8) is 0 Å². The summed E-state index contributed by atoms with van der Waals surface area (Å²) >= 11 is 0. The van der Waals surface area contributed by atoms with Crippen molar-refractivity contribution >= 4 is 22.1 Å². The lowest BCUT2D eigenvalue weighted by molar-refractivity contribution is -0.297. The van der Waals surface area contributed by atoms with Gasteiger partial charge in [-0.2, -0.15) is 8.42 Å². The number of hydrogen-bond donors (Lipinski definition) is 4. The smallest absolute Gasteiger partial charge is 0.306 e. The molecule has 6 atom stereocenters. The Morgan fingerprint density at radius 1 is 0.557 bits per heavy atom. The van der Waals surface area contributed by atoms with Gasteiger partial charge in [0.25, 0.3) is 10.1 Å². The monoisotopic (exact) mass is 889 g/mol. The van der Waals surface area contributed by atoms with Gasteiger partial charge in [0, 0.05) is 12.8 Å². The van der Waals surface area contributed by atoms with E-state index in [2.05, 4.69) is 32.1 Å². The highest BCUT2D eigenvalue weighted by molar-refractivity contribution is 7.85. The quantitative estimate of drug-likeness (QED) is 0.0197. The van der Waals surface area contributed by atoms with Gasteiger partial charge in [-0.1, -0.05) is 186 Å². The Morgan fingerprint density at radius 2 is 1.00 bits per heavy atom. The summed E-state index contributed by atoms with van der Waals surface area (Å²) in [4.78, 5) is 25.4. The molecule has 0 bridgehead atoms. The molecule has 0 spiro atoms. The van der Waals surface area contributed by atoms with Crippen LogP contribution in [-0.2, 0) is 38.7 Å². The number of unbranched alkanes of at least 4 members (excludes halogenated alkanes) is 25. The summed E-state index contributed by atoms with van der Waals surface area (Å²) < 4.78 is 54.1. The molecule has 13 heteroatoms. The summed E-state index contributed by atoms with van der Waals surface area (Å²) in [5.41, 5.74) is 0. The third-order valence-electron chi connectivity index (χ3n) is 11.3. The number of hydrogen-bond acceptors (Lipinski definition) is 11. The maximum atomic E-state index is 12.8. The van der Waals surface area contributed by atoms with E-state index in [0.717, 1.165) is 32.1 Å². The van der Waals surface area contributed by atoms with Crippen LogP contribution in [0.4, 0.5) is 0 Å². The summed E-state index contributed by atoms with van der Waals surface area (Å²) in [6.07, 6.45) is 33.7. The third-order valence-corrected chi connectivity index (χ3v) is 12.0. The minimum absolute atomic E-state index is 0.103. The predicted molar refractivity (Wildman–Crippen MR) is 243 cm³/mol. The normalized spacial score (nSPS) is 20.1. The number of carbonyl (C=O) groups is 2. The van der Waals surface area contributed by atoms with Crippen molar-refractivity contribution in [1.29, 1.82) is 0 Å². The maximum Gasteiger partial charge on any atom is 0.306 e. The van der Waals surface area contributed by atoms with Crippen LogP contribution in [0.3, 0.4) is 0 Å². The zero-order valence-electron chi connectivity index (χ0n) is 38.3. The molecule has 1 fully saturated rings. The van der Waals surface area contributed by atoms with E-state index in [1.165, 1.54) is 135 Å². The molecule has 0 aromatic heterocycles. The van der Waals surface area contributed by atoms with Gasteiger partial charge in [-0.05, 0) is 38.5 Å². The first-order valence-electron chi connectivity index (χ1n) is 24.4. The fourth-order valence-corrected chi connectivity index (χ4v) is 8.17. The lowest BCUT2D eigenvalue weighted by Crippen LogP contribution is -2.60. The van der Waals surface area contributed by atoms with Crippen molar-refractivity contribution in [3.8, 4) is 0 Å². The fourth-order valence-electron chi connectivity index (χ4n) is 7.48. The Hall–Kier alpha value is -1.87. The van der Waals surface area contributed by atoms with Crippen LogP contribution in [0.1, 0.15) is 213 Å². The Morgan fingerprint density at radius 3 is 1.49 bits per heavy atom. The van der Waals surface area contributed by atoms with Crippen molar-refractivity contribution in [2.45, 2.75) is 250 Å². The summed E-state index contributed by atoms with van der Waals surface area (Å²) in [5, 5.41) is 30.9. The first-order chi connectivity index (χ1) is 29.5. The van der Waals surface area contributed by atoms with Crippen LogP contribution in [0.15, 0.2) is 24.3 Å². The molecule has 0 aliphatic carbocycles. The molecule has 0 saturated carbocycles. The summed E-state index contributed by atoms with van der Waals surface area (Å²) in [7, 11) is -4.61. The standard InChI is InChI=1S/C48H88O12S/c1-3-5-7-9-11-13-15-17-19-21-23-25-27-29-31-33-35-37-44(50)59-41(39-58-48-47(53)46(52)45(51)42(60-48)40-61(54,55)56)38-57-43(49)36-34-32-30-28-26-24-22-20-18-16-14-12-10-8-6-4-2/h23,25,29,31,41-42,45-48,51-53H,3-22,24,26-28,30,32-40H2,1-2H3,(H,54,55,56)/b25-23+,31-29+/t41-,42-,45-,46?,47?,48+/m1/s1. The second kappa shape index (κ2) is 38.6. The van der Waals surface area contributed by atoms with Gasteiger partial charge in [-0.25, -0.2) is 0 Å². The van der Waals surface area contributed by atoms with Gasteiger partial charge in [0.05, 0.1) is 6.61 Å². The maximum absolute atomic E-state index is 12.8. The van der Waals surface area contributed by atoms with Crippen LogP contribution >= 0.6 is 0 Å². The summed E-state index contributed by atoms with van der Waals surface area (Å²) in [6.45, 7) is 3.75. The molecule has 1 aliphatic heterocycles. The molecule has 1 saturated heterocycles. The minimum atomic E-state index is -4.61. The summed E-state index contributed by atoms with van der Waals surface area (Å²) in [5.74, 6) is -2.03. The van der Waals surface area contributed by atoms with Gasteiger partial charge in [-0.15, -0.1) is 0 Å². The van der Waals surface area contributed by atoms with E-state index in [9.17, 15) is 37.9 Å². The van der Waals surface area contributed by atoms with E-state index in [0.29, 0.717) is 19.3 Å². The van der Waals surface area contributed by atoms with Crippen LogP contribution < -0.4 is 0 Å². The molecule has 1 rings (SSSR count). The molecule has 4 N–H and O–H groups in total. The highest BCUT2D eigenvalue weighted by Crippen LogP contribution is 2.24. The average molecular weight is 889 g/mol. The van der Waals surface area contributed by atoms with Crippen molar-refractivity contribution in [2.24, 2.45) is 0 Å². The Kier molecular flexibility index (Phi) is 36.1. The molecule has 0 radical (unpaired) electrons. The van der Waals surface area contributed by atoms with E-state index >= 15 is 0 Å². The first-order valence-corrected chi connectivity index (χ1v) is 26.0. The van der Waals surface area contributed by atoms with E-state index in [1.807, 2.05) is 6.08 Å². The number of ether oxygens (including phenoxy) is 4. The largest absolute Gasteiger partial charge is 0.462 e. The summed E-state index contributed by atoms with van der Waals surface area (Å²) in [6, 6.07) is 0. The molecule has 12 nitrogen and oxygen atoms in total. The minimum Gasteiger partial charge on any atom is -0.462 e. The van der Waals surface area contributed by atoms with Crippen molar-refractivity contribution in [1.82, 2.24) is 0 Å². The average Bonchev–Trinajstić information content (AvgIpc) is 3.22.